The topological polar surface area (TPSA) is 89.3 Å². The molecule has 0 radical (unpaired) electrons. The van der Waals surface area contributed by atoms with Gasteiger partial charge in [0.1, 0.15) is 0 Å². The Hall–Kier alpha value is -2.18. The molecular formula is C20H24N2O3S. The van der Waals surface area contributed by atoms with E-state index in [0.29, 0.717) is 0 Å². The number of hydrogen-bond acceptors (Lipinski definition) is 3. The lowest BCUT2D eigenvalue weighted by Crippen LogP contribution is -2.43. The molecule has 0 heterocycles. The van der Waals surface area contributed by atoms with Gasteiger partial charge >= 0.3 is 0 Å². The summed E-state index contributed by atoms with van der Waals surface area (Å²) in [5.74, 6) is 0.0317. The first kappa shape index (κ1) is 18.6. The van der Waals surface area contributed by atoms with E-state index in [-0.39, 0.29) is 16.8 Å². The number of nitrogens with one attached hydrogen (secondary N) is 1. The molecule has 1 atom stereocenters. The van der Waals surface area contributed by atoms with Crippen LogP contribution in [-0.2, 0) is 20.2 Å². The molecule has 26 heavy (non-hydrogen) atoms. The van der Waals surface area contributed by atoms with Crippen molar-refractivity contribution in [2.45, 2.75) is 49.0 Å². The molecule has 138 valence electrons. The van der Waals surface area contributed by atoms with Crippen LogP contribution >= 0.6 is 0 Å². The van der Waals surface area contributed by atoms with E-state index in [2.05, 4.69) is 5.32 Å². The molecule has 0 bridgehead atoms. The second kappa shape index (κ2) is 7.21. The summed E-state index contributed by atoms with van der Waals surface area (Å²) < 4.78 is 22.7. The van der Waals surface area contributed by atoms with Crippen LogP contribution in [0.25, 0.3) is 0 Å². The van der Waals surface area contributed by atoms with Gasteiger partial charge in [-0.15, -0.1) is 0 Å². The molecule has 5 nitrogen and oxygen atoms in total. The van der Waals surface area contributed by atoms with Gasteiger partial charge in [0.2, 0.25) is 15.9 Å². The summed E-state index contributed by atoms with van der Waals surface area (Å²) in [5.41, 5.74) is 1.43. The van der Waals surface area contributed by atoms with Gasteiger partial charge in [-0.05, 0) is 43.0 Å². The highest BCUT2D eigenvalue weighted by Gasteiger charge is 2.42. The fourth-order valence-corrected chi connectivity index (χ4v) is 4.26. The van der Waals surface area contributed by atoms with E-state index in [1.165, 1.54) is 12.1 Å². The van der Waals surface area contributed by atoms with Crippen LogP contribution in [0.3, 0.4) is 0 Å². The molecule has 0 saturated heterocycles. The first-order valence-corrected chi connectivity index (χ1v) is 10.4. The van der Waals surface area contributed by atoms with E-state index < -0.39 is 15.4 Å². The molecular weight excluding hydrogens is 348 g/mol. The zero-order valence-corrected chi connectivity index (χ0v) is 15.6. The number of benzene rings is 2. The Morgan fingerprint density at radius 3 is 2.15 bits per heavy atom. The van der Waals surface area contributed by atoms with Crippen LogP contribution in [0.4, 0.5) is 0 Å². The summed E-state index contributed by atoms with van der Waals surface area (Å²) in [6.45, 7) is 1.90. The average Bonchev–Trinajstić information content (AvgIpc) is 3.13. The molecule has 1 saturated carbocycles. The fraction of sp³-hybridized carbons (Fsp3) is 0.350. The van der Waals surface area contributed by atoms with Crippen molar-refractivity contribution in [1.82, 2.24) is 5.32 Å². The van der Waals surface area contributed by atoms with Gasteiger partial charge in [0.25, 0.3) is 0 Å². The Labute approximate surface area is 154 Å². The van der Waals surface area contributed by atoms with Crippen molar-refractivity contribution >= 4 is 15.9 Å². The Morgan fingerprint density at radius 2 is 1.62 bits per heavy atom. The molecule has 1 amide bonds. The summed E-state index contributed by atoms with van der Waals surface area (Å²) in [5, 5.41) is 8.25. The second-order valence-corrected chi connectivity index (χ2v) is 8.53. The van der Waals surface area contributed by atoms with Crippen molar-refractivity contribution in [2.24, 2.45) is 5.14 Å². The predicted octanol–water partition coefficient (Wildman–Crippen LogP) is 3.02. The van der Waals surface area contributed by atoms with Crippen molar-refractivity contribution in [3.63, 3.8) is 0 Å². The van der Waals surface area contributed by atoms with Crippen molar-refractivity contribution < 1.29 is 13.2 Å². The number of rotatable bonds is 5. The van der Waals surface area contributed by atoms with Crippen LogP contribution < -0.4 is 10.5 Å². The normalized spacial score (nSPS) is 17.6. The number of hydrogen-bond donors (Lipinski definition) is 2. The first-order chi connectivity index (χ1) is 12.3. The van der Waals surface area contributed by atoms with Crippen LogP contribution in [0, 0.1) is 0 Å². The molecule has 3 rings (SSSR count). The molecule has 1 fully saturated rings. The maximum Gasteiger partial charge on any atom is 0.238 e. The Bertz CT molecular complexity index is 871. The highest BCUT2D eigenvalue weighted by molar-refractivity contribution is 7.89. The van der Waals surface area contributed by atoms with Crippen molar-refractivity contribution in [1.29, 1.82) is 0 Å². The van der Waals surface area contributed by atoms with Gasteiger partial charge < -0.3 is 5.32 Å². The summed E-state index contributed by atoms with van der Waals surface area (Å²) in [7, 11) is -3.71. The van der Waals surface area contributed by atoms with Crippen molar-refractivity contribution in [2.75, 3.05) is 0 Å². The maximum absolute atomic E-state index is 13.2. The second-order valence-electron chi connectivity index (χ2n) is 6.96. The maximum atomic E-state index is 13.2. The Kier molecular flexibility index (Phi) is 5.16. The average molecular weight is 372 g/mol. The van der Waals surface area contributed by atoms with E-state index in [0.717, 1.165) is 36.8 Å². The van der Waals surface area contributed by atoms with Gasteiger partial charge in [0, 0.05) is 0 Å². The van der Waals surface area contributed by atoms with E-state index >= 15 is 0 Å². The Morgan fingerprint density at radius 1 is 1.04 bits per heavy atom. The van der Waals surface area contributed by atoms with Gasteiger partial charge in [-0.2, -0.15) is 0 Å². The molecule has 0 unspecified atom stereocenters. The molecule has 0 aliphatic heterocycles. The standard InChI is InChI=1S/C20H24N2O3S/c1-15(16-9-11-18(12-10-16)26(21,24)25)22-19(23)20(13-5-6-14-20)17-7-3-2-4-8-17/h2-4,7-12,15H,5-6,13-14H2,1H3,(H,22,23)(H2,21,24,25)/t15-/m0/s1. The molecule has 6 heteroatoms. The molecule has 2 aromatic carbocycles. The SMILES string of the molecule is C[C@H](NC(=O)C1(c2ccccc2)CCCC1)c1ccc(S(N)(=O)=O)cc1. The minimum absolute atomic E-state index is 0.0317. The van der Waals surface area contributed by atoms with Gasteiger partial charge in [-0.1, -0.05) is 55.3 Å². The number of nitrogens with two attached hydrogens (primary N) is 1. The highest BCUT2D eigenvalue weighted by Crippen LogP contribution is 2.41. The van der Waals surface area contributed by atoms with Crippen LogP contribution in [0.15, 0.2) is 59.5 Å². The smallest absolute Gasteiger partial charge is 0.238 e. The lowest BCUT2D eigenvalue weighted by Gasteiger charge is -2.30. The largest absolute Gasteiger partial charge is 0.349 e. The molecule has 2 aromatic rings. The first-order valence-electron chi connectivity index (χ1n) is 8.82. The molecule has 3 N–H and O–H groups in total. The van der Waals surface area contributed by atoms with Crippen LogP contribution in [0.5, 0.6) is 0 Å². The zero-order chi connectivity index (χ0) is 18.8. The molecule has 0 aromatic heterocycles. The van der Waals surface area contributed by atoms with Gasteiger partial charge in [0.15, 0.2) is 0 Å². The monoisotopic (exact) mass is 372 g/mol. The number of primary sulfonamides is 1. The van der Waals surface area contributed by atoms with Crippen LogP contribution in [-0.4, -0.2) is 14.3 Å². The number of carbonyl (C=O) groups excluding carboxylic acids is 1. The van der Waals surface area contributed by atoms with Gasteiger partial charge in [-0.25, -0.2) is 13.6 Å². The summed E-state index contributed by atoms with van der Waals surface area (Å²) in [6.07, 6.45) is 3.78. The van der Waals surface area contributed by atoms with Crippen LogP contribution in [0.2, 0.25) is 0 Å². The summed E-state index contributed by atoms with van der Waals surface area (Å²) >= 11 is 0. The van der Waals surface area contributed by atoms with Gasteiger partial charge in [0.05, 0.1) is 16.4 Å². The number of sulfonamides is 1. The molecule has 1 aliphatic rings. The predicted molar refractivity (Wildman–Crippen MR) is 101 cm³/mol. The third kappa shape index (κ3) is 3.66. The molecule has 1 aliphatic carbocycles. The molecule has 0 spiro atoms. The van der Waals surface area contributed by atoms with E-state index in [1.807, 2.05) is 37.3 Å². The fourth-order valence-electron chi connectivity index (χ4n) is 3.75. The van der Waals surface area contributed by atoms with Crippen molar-refractivity contribution in [3.05, 3.63) is 65.7 Å². The van der Waals surface area contributed by atoms with E-state index in [1.54, 1.807) is 12.1 Å². The minimum atomic E-state index is -3.71. The van der Waals surface area contributed by atoms with Crippen molar-refractivity contribution in [3.8, 4) is 0 Å². The number of carbonyl (C=O) groups is 1. The minimum Gasteiger partial charge on any atom is -0.349 e. The lowest BCUT2D eigenvalue weighted by molar-refractivity contribution is -0.127. The van der Waals surface area contributed by atoms with Gasteiger partial charge in [-0.3, -0.25) is 4.79 Å². The van der Waals surface area contributed by atoms with E-state index in [9.17, 15) is 13.2 Å². The summed E-state index contributed by atoms with van der Waals surface area (Å²) in [6, 6.07) is 16.0. The third-order valence-electron chi connectivity index (χ3n) is 5.27. The lowest BCUT2D eigenvalue weighted by atomic mass is 9.77. The summed E-state index contributed by atoms with van der Waals surface area (Å²) in [4.78, 5) is 13.2. The number of amides is 1. The van der Waals surface area contributed by atoms with E-state index in [4.69, 9.17) is 5.14 Å². The highest BCUT2D eigenvalue weighted by atomic mass is 32.2. The third-order valence-corrected chi connectivity index (χ3v) is 6.20. The Balaban J connectivity index is 1.80. The quantitative estimate of drug-likeness (QED) is 0.845. The zero-order valence-electron chi connectivity index (χ0n) is 14.8. The van der Waals surface area contributed by atoms with Crippen LogP contribution in [0.1, 0.15) is 49.8 Å².